The molecule has 1 aromatic heterocycles. The SMILES string of the molecule is Nc1nc(Oc2cc(F)ccc2Br)c2ccccc2n1. The first kappa shape index (κ1) is 12.8. The molecule has 3 aromatic rings. The van der Waals surface area contributed by atoms with E-state index in [1.54, 1.807) is 12.1 Å². The van der Waals surface area contributed by atoms with Crippen LogP contribution in [0.5, 0.6) is 11.6 Å². The number of nitrogens with two attached hydrogens (primary N) is 1. The predicted octanol–water partition coefficient (Wildman–Crippen LogP) is 3.91. The number of aromatic nitrogens is 2. The number of hydrogen-bond donors (Lipinski definition) is 1. The second-order valence-corrected chi connectivity index (χ2v) is 4.94. The molecular formula is C14H9BrFN3O. The van der Waals surface area contributed by atoms with Crippen LogP contribution in [-0.2, 0) is 0 Å². The molecule has 1 heterocycles. The summed E-state index contributed by atoms with van der Waals surface area (Å²) < 4.78 is 19.6. The molecule has 0 spiro atoms. The van der Waals surface area contributed by atoms with Gasteiger partial charge in [0.1, 0.15) is 11.6 Å². The summed E-state index contributed by atoms with van der Waals surface area (Å²) in [5.41, 5.74) is 6.33. The summed E-state index contributed by atoms with van der Waals surface area (Å²) in [4.78, 5) is 8.19. The zero-order valence-corrected chi connectivity index (χ0v) is 11.8. The smallest absolute Gasteiger partial charge is 0.232 e. The topological polar surface area (TPSA) is 61.0 Å². The Labute approximate surface area is 122 Å². The second kappa shape index (κ2) is 5.05. The summed E-state index contributed by atoms with van der Waals surface area (Å²) >= 11 is 3.30. The van der Waals surface area contributed by atoms with Crippen LogP contribution in [0.15, 0.2) is 46.9 Å². The molecule has 0 aliphatic carbocycles. The highest BCUT2D eigenvalue weighted by Gasteiger charge is 2.10. The predicted molar refractivity (Wildman–Crippen MR) is 78.1 cm³/mol. The standard InChI is InChI=1S/C14H9BrFN3O/c15-10-6-5-8(16)7-12(10)20-13-9-3-1-2-4-11(9)18-14(17)19-13/h1-7H,(H2,17,18,19). The molecule has 0 radical (unpaired) electrons. The molecule has 0 amide bonds. The maximum Gasteiger partial charge on any atom is 0.232 e. The molecule has 0 saturated carbocycles. The van der Waals surface area contributed by atoms with E-state index in [2.05, 4.69) is 25.9 Å². The van der Waals surface area contributed by atoms with Crippen molar-refractivity contribution in [2.24, 2.45) is 0 Å². The first-order valence-electron chi connectivity index (χ1n) is 5.78. The maximum atomic E-state index is 13.3. The quantitative estimate of drug-likeness (QED) is 0.772. The van der Waals surface area contributed by atoms with E-state index in [0.29, 0.717) is 27.0 Å². The average molecular weight is 334 g/mol. The van der Waals surface area contributed by atoms with E-state index in [-0.39, 0.29) is 5.95 Å². The minimum Gasteiger partial charge on any atom is -0.437 e. The Balaban J connectivity index is 2.13. The fourth-order valence-corrected chi connectivity index (χ4v) is 2.13. The Bertz CT molecular complexity index is 794. The van der Waals surface area contributed by atoms with Crippen molar-refractivity contribution in [2.45, 2.75) is 0 Å². The zero-order valence-electron chi connectivity index (χ0n) is 10.2. The van der Waals surface area contributed by atoms with Crippen LogP contribution in [0.3, 0.4) is 0 Å². The van der Waals surface area contributed by atoms with Crippen molar-refractivity contribution in [3.8, 4) is 11.6 Å². The van der Waals surface area contributed by atoms with Gasteiger partial charge in [-0.15, -0.1) is 0 Å². The molecule has 20 heavy (non-hydrogen) atoms. The molecular weight excluding hydrogens is 325 g/mol. The monoisotopic (exact) mass is 333 g/mol. The summed E-state index contributed by atoms with van der Waals surface area (Å²) in [6, 6.07) is 11.5. The molecule has 6 heteroatoms. The fourth-order valence-electron chi connectivity index (χ4n) is 1.80. The first-order valence-corrected chi connectivity index (χ1v) is 6.58. The number of nitrogens with zero attached hydrogens (tertiary/aromatic N) is 2. The normalized spacial score (nSPS) is 10.7. The van der Waals surface area contributed by atoms with Gasteiger partial charge in [-0.3, -0.25) is 0 Å². The summed E-state index contributed by atoms with van der Waals surface area (Å²) in [5.74, 6) is 0.327. The van der Waals surface area contributed by atoms with Crippen LogP contribution >= 0.6 is 15.9 Å². The van der Waals surface area contributed by atoms with Crippen molar-refractivity contribution in [1.82, 2.24) is 9.97 Å². The molecule has 0 aliphatic rings. The minimum absolute atomic E-state index is 0.103. The van der Waals surface area contributed by atoms with Gasteiger partial charge in [0.05, 0.1) is 15.4 Å². The third-order valence-electron chi connectivity index (χ3n) is 2.69. The van der Waals surface area contributed by atoms with Crippen molar-refractivity contribution in [3.05, 3.63) is 52.8 Å². The van der Waals surface area contributed by atoms with Gasteiger partial charge in [-0.1, -0.05) is 12.1 Å². The Kier molecular flexibility index (Phi) is 3.23. The highest BCUT2D eigenvalue weighted by molar-refractivity contribution is 9.10. The molecule has 100 valence electrons. The zero-order chi connectivity index (χ0) is 14.1. The Morgan fingerprint density at radius 2 is 1.90 bits per heavy atom. The van der Waals surface area contributed by atoms with Crippen LogP contribution in [0.25, 0.3) is 10.9 Å². The highest BCUT2D eigenvalue weighted by Crippen LogP contribution is 2.32. The van der Waals surface area contributed by atoms with Gasteiger partial charge < -0.3 is 10.5 Å². The lowest BCUT2D eigenvalue weighted by Gasteiger charge is -2.09. The number of ether oxygens (including phenoxy) is 1. The third kappa shape index (κ3) is 2.42. The van der Waals surface area contributed by atoms with Crippen molar-refractivity contribution in [2.75, 3.05) is 5.73 Å². The van der Waals surface area contributed by atoms with Crippen LogP contribution in [0.1, 0.15) is 0 Å². The number of hydrogen-bond acceptors (Lipinski definition) is 4. The molecule has 3 rings (SSSR count). The molecule has 0 bridgehead atoms. The van der Waals surface area contributed by atoms with Gasteiger partial charge in [0.2, 0.25) is 11.8 Å². The first-order chi connectivity index (χ1) is 9.63. The summed E-state index contributed by atoms with van der Waals surface area (Å²) in [6.07, 6.45) is 0. The van der Waals surface area contributed by atoms with Crippen LogP contribution in [-0.4, -0.2) is 9.97 Å². The Hall–Kier alpha value is -2.21. The molecule has 4 nitrogen and oxygen atoms in total. The number of anilines is 1. The maximum absolute atomic E-state index is 13.3. The number of nitrogen functional groups attached to an aromatic ring is 1. The second-order valence-electron chi connectivity index (χ2n) is 4.08. The Morgan fingerprint density at radius 3 is 2.75 bits per heavy atom. The highest BCUT2D eigenvalue weighted by atomic mass is 79.9. The molecule has 2 aromatic carbocycles. The number of fused-ring (bicyclic) bond motifs is 1. The van der Waals surface area contributed by atoms with E-state index >= 15 is 0 Å². The molecule has 0 saturated heterocycles. The fraction of sp³-hybridized carbons (Fsp3) is 0. The van der Waals surface area contributed by atoms with Gasteiger partial charge in [0, 0.05) is 6.07 Å². The van der Waals surface area contributed by atoms with E-state index < -0.39 is 5.82 Å². The Morgan fingerprint density at radius 1 is 1.10 bits per heavy atom. The third-order valence-corrected chi connectivity index (χ3v) is 3.34. The summed E-state index contributed by atoms with van der Waals surface area (Å²) in [6.45, 7) is 0. The van der Waals surface area contributed by atoms with Crippen LogP contribution in [0.2, 0.25) is 0 Å². The number of para-hydroxylation sites is 1. The van der Waals surface area contributed by atoms with E-state index in [4.69, 9.17) is 10.5 Å². The van der Waals surface area contributed by atoms with Gasteiger partial charge in [-0.2, -0.15) is 4.98 Å². The van der Waals surface area contributed by atoms with E-state index in [1.165, 1.54) is 12.1 Å². The van der Waals surface area contributed by atoms with Gasteiger partial charge >= 0.3 is 0 Å². The van der Waals surface area contributed by atoms with Gasteiger partial charge in [0.15, 0.2) is 0 Å². The average Bonchev–Trinajstić information content (AvgIpc) is 2.43. The lowest BCUT2D eigenvalue weighted by Crippen LogP contribution is -1.99. The summed E-state index contributed by atoms with van der Waals surface area (Å²) in [5, 5.41) is 0.706. The largest absolute Gasteiger partial charge is 0.437 e. The number of benzene rings is 2. The lowest BCUT2D eigenvalue weighted by atomic mass is 10.2. The van der Waals surface area contributed by atoms with Crippen molar-refractivity contribution < 1.29 is 9.13 Å². The molecule has 0 fully saturated rings. The number of rotatable bonds is 2. The van der Waals surface area contributed by atoms with Crippen molar-refractivity contribution in [3.63, 3.8) is 0 Å². The van der Waals surface area contributed by atoms with Crippen molar-refractivity contribution in [1.29, 1.82) is 0 Å². The molecule has 0 aliphatic heterocycles. The molecule has 0 atom stereocenters. The number of halogens is 2. The van der Waals surface area contributed by atoms with Crippen LogP contribution in [0, 0.1) is 5.82 Å². The molecule has 0 unspecified atom stereocenters. The minimum atomic E-state index is -0.394. The van der Waals surface area contributed by atoms with Gasteiger partial charge in [0.25, 0.3) is 0 Å². The lowest BCUT2D eigenvalue weighted by molar-refractivity contribution is 0.461. The van der Waals surface area contributed by atoms with Crippen molar-refractivity contribution >= 4 is 32.8 Å². The van der Waals surface area contributed by atoms with Crippen LogP contribution in [0.4, 0.5) is 10.3 Å². The summed E-state index contributed by atoms with van der Waals surface area (Å²) in [7, 11) is 0. The van der Waals surface area contributed by atoms with Crippen LogP contribution < -0.4 is 10.5 Å². The van der Waals surface area contributed by atoms with Gasteiger partial charge in [-0.05, 0) is 40.2 Å². The van der Waals surface area contributed by atoms with Gasteiger partial charge in [-0.25, -0.2) is 9.37 Å². The van der Waals surface area contributed by atoms with E-state index in [9.17, 15) is 4.39 Å². The van der Waals surface area contributed by atoms with E-state index in [0.717, 1.165) is 0 Å². The molecule has 2 N–H and O–H groups in total. The van der Waals surface area contributed by atoms with E-state index in [1.807, 2.05) is 18.2 Å².